The first-order valence-electron chi connectivity index (χ1n) is 18.7. The molecule has 1 aromatic carbocycles. The van der Waals surface area contributed by atoms with E-state index in [0.29, 0.717) is 19.4 Å². The summed E-state index contributed by atoms with van der Waals surface area (Å²) in [4.78, 5) is 70.3. The van der Waals surface area contributed by atoms with Gasteiger partial charge in [0.2, 0.25) is 23.6 Å². The fourth-order valence-electron chi connectivity index (χ4n) is 7.40. The fourth-order valence-corrected chi connectivity index (χ4v) is 7.40. The number of carbonyl (C=O) groups is 5. The standard InChI is InChI=1S/C39H65N5O8/c1-12-25(6)34(43(9)38(48)33(24(4)5)42-37(47)32(40-8)23(2)3)30(51-10)22-31(45)44-20-16-19-29(44)35(52-11)26(7)36(46)41-28(39(49)50)21-27-17-14-13-15-18-27/h13-15,17-18,23-26,28-30,32-35,40H,12,16,19-22H2,1-11H3,(H,41,46)(H,42,47)(H,49,50)/t25-,26+,28-,29-,30?,32-,33-,34-,35+/m0/s1. The highest BCUT2D eigenvalue weighted by atomic mass is 16.5. The van der Waals surface area contributed by atoms with Gasteiger partial charge in [-0.1, -0.05) is 85.2 Å². The van der Waals surface area contributed by atoms with Gasteiger partial charge in [-0.15, -0.1) is 0 Å². The van der Waals surface area contributed by atoms with Crippen LogP contribution in [0.2, 0.25) is 0 Å². The van der Waals surface area contributed by atoms with Gasteiger partial charge in [-0.25, -0.2) is 4.79 Å². The number of carboxylic acids is 1. The summed E-state index contributed by atoms with van der Waals surface area (Å²) in [6, 6.07) is 5.84. The first kappa shape index (κ1) is 44.6. The minimum absolute atomic E-state index is 0.0112. The molecule has 9 atom stereocenters. The molecule has 0 radical (unpaired) electrons. The minimum Gasteiger partial charge on any atom is -0.480 e. The smallest absolute Gasteiger partial charge is 0.326 e. The van der Waals surface area contributed by atoms with E-state index >= 15 is 0 Å². The highest BCUT2D eigenvalue weighted by Gasteiger charge is 2.43. The van der Waals surface area contributed by atoms with Crippen LogP contribution < -0.4 is 16.0 Å². The Morgan fingerprint density at radius 1 is 0.923 bits per heavy atom. The number of amides is 4. The first-order chi connectivity index (χ1) is 24.5. The van der Waals surface area contributed by atoms with Gasteiger partial charge >= 0.3 is 5.97 Å². The Morgan fingerprint density at radius 2 is 1.54 bits per heavy atom. The summed E-state index contributed by atoms with van der Waals surface area (Å²) in [7, 11) is 6.46. The van der Waals surface area contributed by atoms with E-state index in [9.17, 15) is 29.1 Å². The molecule has 0 spiro atoms. The van der Waals surface area contributed by atoms with Gasteiger partial charge in [-0.2, -0.15) is 0 Å². The summed E-state index contributed by atoms with van der Waals surface area (Å²) in [5, 5.41) is 18.5. The predicted octanol–water partition coefficient (Wildman–Crippen LogP) is 3.10. The van der Waals surface area contributed by atoms with Gasteiger partial charge in [-0.3, -0.25) is 19.2 Å². The number of carbonyl (C=O) groups excluding carboxylic acids is 4. The Kier molecular flexibility index (Phi) is 18.2. The molecule has 0 saturated carbocycles. The number of hydrogen-bond acceptors (Lipinski definition) is 8. The maximum absolute atomic E-state index is 14.1. The summed E-state index contributed by atoms with van der Waals surface area (Å²) >= 11 is 0. The molecule has 0 aliphatic carbocycles. The summed E-state index contributed by atoms with van der Waals surface area (Å²) < 4.78 is 11.8. The largest absolute Gasteiger partial charge is 0.480 e. The molecule has 1 heterocycles. The average molecular weight is 732 g/mol. The third-order valence-electron chi connectivity index (χ3n) is 10.6. The monoisotopic (exact) mass is 731 g/mol. The van der Waals surface area contributed by atoms with Crippen LogP contribution in [0.15, 0.2) is 30.3 Å². The molecule has 4 N–H and O–H groups in total. The van der Waals surface area contributed by atoms with E-state index in [1.807, 2.05) is 71.9 Å². The van der Waals surface area contributed by atoms with E-state index in [0.717, 1.165) is 12.0 Å². The topological polar surface area (TPSA) is 167 Å². The molecule has 1 fully saturated rings. The van der Waals surface area contributed by atoms with E-state index in [2.05, 4.69) is 16.0 Å². The van der Waals surface area contributed by atoms with E-state index < -0.39 is 60.2 Å². The Labute approximate surface area is 310 Å². The molecule has 13 heteroatoms. The number of carboxylic acid groups (broad SMARTS) is 1. The van der Waals surface area contributed by atoms with Gasteiger partial charge in [0.15, 0.2) is 0 Å². The maximum atomic E-state index is 14.1. The molecule has 294 valence electrons. The van der Waals surface area contributed by atoms with Gasteiger partial charge in [0.05, 0.1) is 42.7 Å². The van der Waals surface area contributed by atoms with Gasteiger partial charge in [0.1, 0.15) is 12.1 Å². The highest BCUT2D eigenvalue weighted by Crippen LogP contribution is 2.29. The Balaban J connectivity index is 2.26. The lowest BCUT2D eigenvalue weighted by atomic mass is 9.89. The number of rotatable bonds is 21. The van der Waals surface area contributed by atoms with Crippen molar-refractivity contribution in [2.75, 3.05) is 34.9 Å². The SMILES string of the molecule is CC[C@H](C)[C@@H](C(CC(=O)N1CCC[C@H]1[C@H](OC)[C@@H](C)C(=O)N[C@@H](Cc1ccccc1)C(=O)O)OC)N(C)C(=O)[C@@H](NC(=O)[C@@H](NC)C(C)C)C(C)C. The molecule has 1 aliphatic heterocycles. The lowest BCUT2D eigenvalue weighted by Gasteiger charge is -2.41. The second-order valence-electron chi connectivity index (χ2n) is 14.9. The van der Waals surface area contributed by atoms with Gasteiger partial charge < -0.3 is 40.3 Å². The van der Waals surface area contributed by atoms with Crippen LogP contribution in [0.25, 0.3) is 0 Å². The molecule has 0 bridgehead atoms. The zero-order valence-corrected chi connectivity index (χ0v) is 33.2. The first-order valence-corrected chi connectivity index (χ1v) is 18.7. The van der Waals surface area contributed by atoms with Crippen molar-refractivity contribution in [2.45, 2.75) is 123 Å². The van der Waals surface area contributed by atoms with Crippen LogP contribution >= 0.6 is 0 Å². The van der Waals surface area contributed by atoms with Crippen molar-refractivity contribution >= 4 is 29.6 Å². The third-order valence-corrected chi connectivity index (χ3v) is 10.6. The second-order valence-corrected chi connectivity index (χ2v) is 14.9. The van der Waals surface area contributed by atoms with E-state index in [4.69, 9.17) is 9.47 Å². The maximum Gasteiger partial charge on any atom is 0.326 e. The van der Waals surface area contributed by atoms with Gasteiger partial charge in [0.25, 0.3) is 0 Å². The Bertz CT molecular complexity index is 1310. The number of benzene rings is 1. The molecule has 2 rings (SSSR count). The van der Waals surface area contributed by atoms with Crippen LogP contribution in [0.3, 0.4) is 0 Å². The molecule has 4 amide bonds. The van der Waals surface area contributed by atoms with Crippen molar-refractivity contribution in [2.24, 2.45) is 23.7 Å². The van der Waals surface area contributed by atoms with E-state index in [1.165, 1.54) is 14.2 Å². The lowest BCUT2D eigenvalue weighted by Crippen LogP contribution is -2.59. The summed E-state index contributed by atoms with van der Waals surface area (Å²) in [5.41, 5.74) is 0.785. The molecular formula is C39H65N5O8. The van der Waals surface area contributed by atoms with Crippen LogP contribution in [0.4, 0.5) is 0 Å². The molecule has 1 aliphatic rings. The second kappa shape index (κ2) is 21.2. The van der Waals surface area contributed by atoms with Crippen LogP contribution in [-0.2, 0) is 39.9 Å². The third kappa shape index (κ3) is 11.7. The van der Waals surface area contributed by atoms with E-state index in [-0.39, 0.29) is 48.3 Å². The molecular weight excluding hydrogens is 666 g/mol. The molecule has 13 nitrogen and oxygen atoms in total. The van der Waals surface area contributed by atoms with Gasteiger partial charge in [0, 0.05) is 34.2 Å². The molecule has 52 heavy (non-hydrogen) atoms. The number of nitrogens with one attached hydrogen (secondary N) is 3. The van der Waals surface area contributed by atoms with Crippen molar-refractivity contribution in [1.82, 2.24) is 25.8 Å². The number of likely N-dealkylation sites (tertiary alicyclic amines) is 1. The van der Waals surface area contributed by atoms with Gasteiger partial charge in [-0.05, 0) is 43.2 Å². The zero-order valence-electron chi connectivity index (χ0n) is 33.2. The Hall–Kier alpha value is -3.55. The van der Waals surface area contributed by atoms with Crippen molar-refractivity contribution in [3.8, 4) is 0 Å². The fraction of sp³-hybridized carbons (Fsp3) is 0.718. The summed E-state index contributed by atoms with van der Waals surface area (Å²) in [5.74, 6) is -3.27. The molecule has 0 aromatic heterocycles. The number of aliphatic carboxylic acids is 1. The van der Waals surface area contributed by atoms with Crippen LogP contribution in [0.1, 0.15) is 79.7 Å². The number of hydrogen-bond donors (Lipinski definition) is 4. The zero-order chi connectivity index (χ0) is 39.3. The van der Waals surface area contributed by atoms with E-state index in [1.54, 1.807) is 30.8 Å². The number of methoxy groups -OCH3 is 2. The number of likely N-dealkylation sites (N-methyl/N-ethyl adjacent to an activating group) is 2. The molecule has 1 unspecified atom stereocenters. The van der Waals surface area contributed by atoms with Crippen molar-refractivity contribution in [3.05, 3.63) is 35.9 Å². The summed E-state index contributed by atoms with van der Waals surface area (Å²) in [6.45, 7) is 13.9. The lowest BCUT2D eigenvalue weighted by molar-refractivity contribution is -0.148. The van der Waals surface area contributed by atoms with Crippen molar-refractivity contribution in [3.63, 3.8) is 0 Å². The normalized spacial score (nSPS) is 19.2. The van der Waals surface area contributed by atoms with Crippen LogP contribution in [-0.4, -0.2) is 122 Å². The number of nitrogens with zero attached hydrogens (tertiary/aromatic N) is 2. The highest BCUT2D eigenvalue weighted by molar-refractivity contribution is 5.90. The van der Waals surface area contributed by atoms with Crippen LogP contribution in [0, 0.1) is 23.7 Å². The molecule has 1 aromatic rings. The Morgan fingerprint density at radius 3 is 2.04 bits per heavy atom. The van der Waals surface area contributed by atoms with Crippen molar-refractivity contribution < 1.29 is 38.6 Å². The quantitative estimate of drug-likeness (QED) is 0.149. The van der Waals surface area contributed by atoms with Crippen LogP contribution in [0.5, 0.6) is 0 Å². The number of ether oxygens (including phenoxy) is 2. The molecule has 1 saturated heterocycles. The van der Waals surface area contributed by atoms with Crippen molar-refractivity contribution in [1.29, 1.82) is 0 Å². The average Bonchev–Trinajstić information content (AvgIpc) is 3.59. The summed E-state index contributed by atoms with van der Waals surface area (Å²) in [6.07, 6.45) is 0.818. The minimum atomic E-state index is -1.14. The predicted molar refractivity (Wildman–Crippen MR) is 200 cm³/mol.